The van der Waals surface area contributed by atoms with Gasteiger partial charge in [0, 0.05) is 24.8 Å². The molecular weight excluding hydrogens is 310 g/mol. The molecule has 1 fully saturated rings. The Balaban J connectivity index is 2.00. The largest absolute Gasteiger partial charge is 0.382 e. The fraction of sp³-hybridized carbons (Fsp3) is 0.647. The van der Waals surface area contributed by atoms with Crippen molar-refractivity contribution in [2.45, 2.75) is 39.7 Å². The molecule has 0 aliphatic carbocycles. The molecule has 2 atom stereocenters. The summed E-state index contributed by atoms with van der Waals surface area (Å²) in [7, 11) is -3.24. The number of sulfonamides is 1. The van der Waals surface area contributed by atoms with E-state index in [-0.39, 0.29) is 5.75 Å². The second-order valence-electron chi connectivity index (χ2n) is 6.41. The minimum Gasteiger partial charge on any atom is -0.382 e. The fourth-order valence-corrected chi connectivity index (χ4v) is 4.25. The SMILES string of the molecule is CCCS(=O)(=O)Nc1cccc(N[C@H]2CCN(CC)C[C@H]2C)c1. The first-order valence-electron chi connectivity index (χ1n) is 8.53. The molecule has 1 saturated heterocycles. The van der Waals surface area contributed by atoms with Gasteiger partial charge in [0.2, 0.25) is 10.0 Å². The van der Waals surface area contributed by atoms with Crippen molar-refractivity contribution in [2.75, 3.05) is 35.4 Å². The number of rotatable bonds is 7. The summed E-state index contributed by atoms with van der Waals surface area (Å²) in [5.41, 5.74) is 1.60. The Labute approximate surface area is 140 Å². The Kier molecular flexibility index (Phi) is 6.30. The number of hydrogen-bond acceptors (Lipinski definition) is 4. The van der Waals surface area contributed by atoms with E-state index < -0.39 is 10.0 Å². The molecule has 0 aromatic heterocycles. The molecule has 0 unspecified atom stereocenters. The number of benzene rings is 1. The van der Waals surface area contributed by atoms with Crippen LogP contribution in [0.15, 0.2) is 24.3 Å². The van der Waals surface area contributed by atoms with Gasteiger partial charge < -0.3 is 10.2 Å². The van der Waals surface area contributed by atoms with Gasteiger partial charge in [0.05, 0.1) is 11.4 Å². The average Bonchev–Trinajstić information content (AvgIpc) is 2.49. The molecule has 1 aromatic rings. The molecular formula is C17H29N3O2S. The van der Waals surface area contributed by atoms with Crippen LogP contribution >= 0.6 is 0 Å². The number of nitrogens with zero attached hydrogens (tertiary/aromatic N) is 1. The van der Waals surface area contributed by atoms with Crippen LogP contribution < -0.4 is 10.0 Å². The second kappa shape index (κ2) is 8.02. The van der Waals surface area contributed by atoms with Gasteiger partial charge in [0.15, 0.2) is 0 Å². The minimum atomic E-state index is -3.24. The second-order valence-corrected chi connectivity index (χ2v) is 8.25. The lowest BCUT2D eigenvalue weighted by Gasteiger charge is -2.37. The van der Waals surface area contributed by atoms with E-state index in [2.05, 4.69) is 28.8 Å². The predicted octanol–water partition coefficient (Wildman–Crippen LogP) is 2.98. The summed E-state index contributed by atoms with van der Waals surface area (Å²) in [5.74, 6) is 0.723. The highest BCUT2D eigenvalue weighted by Crippen LogP contribution is 2.23. The van der Waals surface area contributed by atoms with E-state index in [0.717, 1.165) is 31.7 Å². The van der Waals surface area contributed by atoms with Crippen molar-refractivity contribution in [1.82, 2.24) is 4.90 Å². The maximum atomic E-state index is 11.9. The molecule has 23 heavy (non-hydrogen) atoms. The van der Waals surface area contributed by atoms with Gasteiger partial charge in [-0.2, -0.15) is 0 Å². The van der Waals surface area contributed by atoms with Crippen molar-refractivity contribution >= 4 is 21.4 Å². The molecule has 1 aliphatic heterocycles. The van der Waals surface area contributed by atoms with Crippen molar-refractivity contribution in [1.29, 1.82) is 0 Å². The van der Waals surface area contributed by atoms with Crippen LogP contribution in [0.2, 0.25) is 0 Å². The van der Waals surface area contributed by atoms with Gasteiger partial charge in [-0.3, -0.25) is 4.72 Å². The Morgan fingerprint density at radius 1 is 1.26 bits per heavy atom. The average molecular weight is 340 g/mol. The van der Waals surface area contributed by atoms with Crippen LogP contribution in [-0.2, 0) is 10.0 Å². The number of hydrogen-bond donors (Lipinski definition) is 2. The lowest BCUT2D eigenvalue weighted by molar-refractivity contribution is 0.179. The van der Waals surface area contributed by atoms with Gasteiger partial charge in [-0.15, -0.1) is 0 Å². The summed E-state index contributed by atoms with van der Waals surface area (Å²) in [6.45, 7) is 9.66. The number of likely N-dealkylation sites (tertiary alicyclic amines) is 1. The maximum absolute atomic E-state index is 11.9. The molecule has 6 heteroatoms. The molecule has 1 aromatic carbocycles. The molecule has 0 bridgehead atoms. The van der Waals surface area contributed by atoms with Crippen LogP contribution in [0, 0.1) is 5.92 Å². The lowest BCUT2D eigenvalue weighted by atomic mass is 9.93. The molecule has 5 nitrogen and oxygen atoms in total. The Hall–Kier alpha value is -1.27. The topological polar surface area (TPSA) is 61.4 Å². The van der Waals surface area contributed by atoms with Crippen LogP contribution in [0.3, 0.4) is 0 Å². The normalized spacial score (nSPS) is 22.7. The van der Waals surface area contributed by atoms with Gasteiger partial charge in [-0.1, -0.05) is 26.8 Å². The van der Waals surface area contributed by atoms with E-state index in [1.807, 2.05) is 25.1 Å². The highest BCUT2D eigenvalue weighted by molar-refractivity contribution is 7.92. The molecule has 0 radical (unpaired) electrons. The number of piperidine rings is 1. The standard InChI is InChI=1S/C17H29N3O2S/c1-4-11-23(21,22)19-16-8-6-7-15(12-16)18-17-9-10-20(5-2)13-14(17)3/h6-8,12,14,17-19H,4-5,9-11,13H2,1-3H3/t14-,17+/m1/s1. The van der Waals surface area contributed by atoms with E-state index in [9.17, 15) is 8.42 Å². The number of anilines is 2. The van der Waals surface area contributed by atoms with Crippen molar-refractivity contribution in [3.05, 3.63) is 24.3 Å². The minimum absolute atomic E-state index is 0.150. The summed E-state index contributed by atoms with van der Waals surface area (Å²) < 4.78 is 26.4. The first kappa shape index (κ1) is 18.1. The molecule has 1 aliphatic rings. The van der Waals surface area contributed by atoms with Gasteiger partial charge in [-0.05, 0) is 43.5 Å². The van der Waals surface area contributed by atoms with Crippen LogP contribution in [0.5, 0.6) is 0 Å². The van der Waals surface area contributed by atoms with Crippen molar-refractivity contribution in [3.63, 3.8) is 0 Å². The van der Waals surface area contributed by atoms with E-state index in [1.54, 1.807) is 6.07 Å². The van der Waals surface area contributed by atoms with E-state index in [4.69, 9.17) is 0 Å². The third-order valence-electron chi connectivity index (χ3n) is 4.40. The van der Waals surface area contributed by atoms with Gasteiger partial charge >= 0.3 is 0 Å². The van der Waals surface area contributed by atoms with Crippen LogP contribution in [0.4, 0.5) is 11.4 Å². The van der Waals surface area contributed by atoms with Crippen LogP contribution in [-0.4, -0.2) is 44.7 Å². The molecule has 0 saturated carbocycles. The van der Waals surface area contributed by atoms with Gasteiger partial charge in [0.1, 0.15) is 0 Å². The molecule has 2 N–H and O–H groups in total. The van der Waals surface area contributed by atoms with Crippen LogP contribution in [0.25, 0.3) is 0 Å². The zero-order valence-electron chi connectivity index (χ0n) is 14.4. The summed E-state index contributed by atoms with van der Waals surface area (Å²) in [5, 5.41) is 3.57. The van der Waals surface area contributed by atoms with Crippen LogP contribution in [0.1, 0.15) is 33.6 Å². The van der Waals surface area contributed by atoms with Crippen molar-refractivity contribution < 1.29 is 8.42 Å². The first-order valence-corrected chi connectivity index (χ1v) is 10.2. The summed E-state index contributed by atoms with van der Waals surface area (Å²) in [6.07, 6.45) is 1.72. The van der Waals surface area contributed by atoms with Crippen molar-refractivity contribution in [2.24, 2.45) is 5.92 Å². The third-order valence-corrected chi connectivity index (χ3v) is 5.89. The Morgan fingerprint density at radius 3 is 2.65 bits per heavy atom. The Morgan fingerprint density at radius 2 is 2.00 bits per heavy atom. The first-order chi connectivity index (χ1) is 10.9. The van der Waals surface area contributed by atoms with E-state index in [1.165, 1.54) is 0 Å². The highest BCUT2D eigenvalue weighted by Gasteiger charge is 2.25. The van der Waals surface area contributed by atoms with E-state index in [0.29, 0.717) is 24.1 Å². The molecule has 0 spiro atoms. The fourth-order valence-electron chi connectivity index (χ4n) is 3.12. The Bertz CT molecular complexity index is 604. The van der Waals surface area contributed by atoms with E-state index >= 15 is 0 Å². The zero-order valence-corrected chi connectivity index (χ0v) is 15.2. The maximum Gasteiger partial charge on any atom is 0.232 e. The molecule has 130 valence electrons. The smallest absolute Gasteiger partial charge is 0.232 e. The summed E-state index contributed by atoms with van der Waals surface area (Å²) >= 11 is 0. The van der Waals surface area contributed by atoms with Gasteiger partial charge in [-0.25, -0.2) is 8.42 Å². The van der Waals surface area contributed by atoms with Crippen molar-refractivity contribution in [3.8, 4) is 0 Å². The summed E-state index contributed by atoms with van der Waals surface area (Å²) in [6, 6.07) is 7.99. The molecule has 1 heterocycles. The monoisotopic (exact) mass is 339 g/mol. The predicted molar refractivity (Wildman–Crippen MR) is 97.4 cm³/mol. The third kappa shape index (κ3) is 5.39. The highest BCUT2D eigenvalue weighted by atomic mass is 32.2. The quantitative estimate of drug-likeness (QED) is 0.802. The summed E-state index contributed by atoms with van der Waals surface area (Å²) in [4.78, 5) is 2.47. The molecule has 2 rings (SSSR count). The molecule has 0 amide bonds. The zero-order chi connectivity index (χ0) is 16.9. The lowest BCUT2D eigenvalue weighted by Crippen LogP contribution is -2.45. The van der Waals surface area contributed by atoms with Gasteiger partial charge in [0.25, 0.3) is 0 Å². The number of nitrogens with one attached hydrogen (secondary N) is 2.